The molecule has 1 aliphatic carbocycles. The predicted molar refractivity (Wildman–Crippen MR) is 133 cm³/mol. The average molecular weight is 500 g/mol. The first-order chi connectivity index (χ1) is 17.9. The molecule has 37 heavy (non-hydrogen) atoms. The van der Waals surface area contributed by atoms with Crippen molar-refractivity contribution in [2.24, 2.45) is 0 Å². The van der Waals surface area contributed by atoms with Gasteiger partial charge in [0.1, 0.15) is 12.3 Å². The Morgan fingerprint density at radius 2 is 2.08 bits per heavy atom. The van der Waals surface area contributed by atoms with Gasteiger partial charge in [0.15, 0.2) is 11.6 Å². The number of rotatable bonds is 5. The monoisotopic (exact) mass is 499 g/mol. The van der Waals surface area contributed by atoms with Crippen LogP contribution in [-0.4, -0.2) is 71.1 Å². The Morgan fingerprint density at radius 3 is 2.89 bits per heavy atom. The maximum Gasteiger partial charge on any atom is 0.274 e. The van der Waals surface area contributed by atoms with Crippen molar-refractivity contribution in [1.29, 1.82) is 0 Å². The molecule has 1 amide bonds. The number of anilines is 2. The van der Waals surface area contributed by atoms with E-state index in [2.05, 4.69) is 35.7 Å². The van der Waals surface area contributed by atoms with Gasteiger partial charge in [0, 0.05) is 25.2 Å². The number of hydrogen-bond donors (Lipinski definition) is 2. The molecule has 2 aliphatic heterocycles. The SMILES string of the molecule is CC1(O)CN(c2cnc(C(=O)Nc3cccc4c3OCCn3nnnc3-4)cc2-n2cnc(C3CC3)c2)C1. The smallest absolute Gasteiger partial charge is 0.274 e. The molecule has 3 aliphatic rings. The van der Waals surface area contributed by atoms with Gasteiger partial charge in [-0.2, -0.15) is 0 Å². The van der Waals surface area contributed by atoms with E-state index in [0.29, 0.717) is 55.0 Å². The molecule has 12 nitrogen and oxygen atoms in total. The van der Waals surface area contributed by atoms with Gasteiger partial charge in [-0.25, -0.2) is 14.6 Å². The number of fused-ring (bicyclic) bond motifs is 3. The van der Waals surface area contributed by atoms with Crippen molar-refractivity contribution in [1.82, 2.24) is 34.7 Å². The molecular formula is C25H25N9O3. The van der Waals surface area contributed by atoms with Crippen molar-refractivity contribution < 1.29 is 14.6 Å². The highest BCUT2D eigenvalue weighted by Gasteiger charge is 2.38. The highest BCUT2D eigenvalue weighted by molar-refractivity contribution is 6.05. The van der Waals surface area contributed by atoms with Gasteiger partial charge in [0.25, 0.3) is 5.91 Å². The number of aliphatic hydroxyl groups is 1. The van der Waals surface area contributed by atoms with E-state index in [0.717, 1.165) is 29.9 Å². The summed E-state index contributed by atoms with van der Waals surface area (Å²) >= 11 is 0. The molecule has 7 rings (SSSR count). The van der Waals surface area contributed by atoms with E-state index in [1.165, 1.54) is 0 Å². The fourth-order valence-corrected chi connectivity index (χ4v) is 4.95. The van der Waals surface area contributed by atoms with Gasteiger partial charge in [-0.1, -0.05) is 6.07 Å². The van der Waals surface area contributed by atoms with Crippen LogP contribution in [0.3, 0.4) is 0 Å². The molecule has 2 N–H and O–H groups in total. The van der Waals surface area contributed by atoms with E-state index < -0.39 is 5.60 Å². The molecular weight excluding hydrogens is 474 g/mol. The molecule has 1 saturated heterocycles. The summed E-state index contributed by atoms with van der Waals surface area (Å²) in [5.41, 5.74) is 3.42. The van der Waals surface area contributed by atoms with E-state index in [-0.39, 0.29) is 11.6 Å². The van der Waals surface area contributed by atoms with E-state index in [4.69, 9.17) is 4.74 Å². The summed E-state index contributed by atoms with van der Waals surface area (Å²) in [7, 11) is 0. The Bertz CT molecular complexity index is 1510. The number of nitrogens with one attached hydrogen (secondary N) is 1. The standard InChI is InChI=1S/C25H25N9O3/c1-25(36)12-33(13-25)21-10-26-18(9-20(21)32-11-19(27-14-32)15-5-6-15)24(35)28-17-4-2-3-16-22(17)37-8-7-34-23(16)29-30-31-34/h2-4,9-11,14-15,36H,5-8,12-13H2,1H3,(H,28,35). The normalized spacial score (nSPS) is 17.7. The Morgan fingerprint density at radius 1 is 1.22 bits per heavy atom. The Labute approximate surface area is 211 Å². The maximum atomic E-state index is 13.4. The lowest BCUT2D eigenvalue weighted by molar-refractivity contribution is 0.0310. The van der Waals surface area contributed by atoms with Crippen molar-refractivity contribution in [2.75, 3.05) is 29.9 Å². The number of benzene rings is 1. The Balaban J connectivity index is 1.22. The van der Waals surface area contributed by atoms with Crippen molar-refractivity contribution in [3.8, 4) is 22.8 Å². The van der Waals surface area contributed by atoms with Gasteiger partial charge < -0.3 is 24.6 Å². The molecule has 0 unspecified atom stereocenters. The number of β-amino-alcohol motifs (C(OH)–C–C–N with tert-alkyl or cyclic N) is 1. The number of pyridine rings is 1. The van der Waals surface area contributed by atoms with Crippen LogP contribution in [0.1, 0.15) is 41.9 Å². The quantitative estimate of drug-likeness (QED) is 0.423. The second-order valence-corrected chi connectivity index (χ2v) is 10.1. The summed E-state index contributed by atoms with van der Waals surface area (Å²) < 4.78 is 9.58. The molecule has 4 aromatic rings. The maximum absolute atomic E-state index is 13.4. The van der Waals surface area contributed by atoms with Crippen LogP contribution in [-0.2, 0) is 6.54 Å². The third-order valence-electron chi connectivity index (χ3n) is 6.96. The lowest BCUT2D eigenvalue weighted by Crippen LogP contribution is -2.60. The third kappa shape index (κ3) is 3.89. The molecule has 0 radical (unpaired) electrons. The van der Waals surface area contributed by atoms with Crippen LogP contribution < -0.4 is 15.0 Å². The van der Waals surface area contributed by atoms with Crippen LogP contribution >= 0.6 is 0 Å². The Kier molecular flexibility index (Phi) is 4.80. The number of para-hydroxylation sites is 1. The highest BCUT2D eigenvalue weighted by atomic mass is 16.5. The molecule has 12 heteroatoms. The molecule has 188 valence electrons. The van der Waals surface area contributed by atoms with Crippen LogP contribution in [0.5, 0.6) is 5.75 Å². The molecule has 0 bridgehead atoms. The number of aromatic nitrogens is 7. The summed E-state index contributed by atoms with van der Waals surface area (Å²) in [6.45, 7) is 3.67. The van der Waals surface area contributed by atoms with Crippen LogP contribution in [0.15, 0.2) is 43.0 Å². The molecule has 1 aromatic carbocycles. The van der Waals surface area contributed by atoms with Crippen molar-refractivity contribution in [2.45, 2.75) is 37.8 Å². The lowest BCUT2D eigenvalue weighted by Gasteiger charge is -2.46. The van der Waals surface area contributed by atoms with Crippen molar-refractivity contribution >= 4 is 17.3 Å². The summed E-state index contributed by atoms with van der Waals surface area (Å²) in [5, 5.41) is 25.1. The summed E-state index contributed by atoms with van der Waals surface area (Å²) in [5.74, 6) is 1.25. The zero-order chi connectivity index (χ0) is 25.1. The fraction of sp³-hybridized carbons (Fsp3) is 0.360. The topological polar surface area (TPSA) is 136 Å². The molecule has 3 aromatic heterocycles. The minimum atomic E-state index is -0.744. The number of hydrogen-bond acceptors (Lipinski definition) is 9. The predicted octanol–water partition coefficient (Wildman–Crippen LogP) is 2.01. The minimum Gasteiger partial charge on any atom is -0.489 e. The average Bonchev–Trinajstić information content (AvgIpc) is 3.48. The number of amides is 1. The first kappa shape index (κ1) is 21.9. The van der Waals surface area contributed by atoms with Gasteiger partial charge in [-0.05, 0) is 48.4 Å². The van der Waals surface area contributed by atoms with Crippen LogP contribution in [0.2, 0.25) is 0 Å². The fourth-order valence-electron chi connectivity index (χ4n) is 4.95. The third-order valence-corrected chi connectivity index (χ3v) is 6.96. The zero-order valence-electron chi connectivity index (χ0n) is 20.2. The summed E-state index contributed by atoms with van der Waals surface area (Å²) in [6, 6.07) is 7.23. The molecule has 1 saturated carbocycles. The van der Waals surface area contributed by atoms with E-state index in [1.807, 2.05) is 29.8 Å². The van der Waals surface area contributed by atoms with E-state index >= 15 is 0 Å². The number of carbonyl (C=O) groups is 1. The first-order valence-electron chi connectivity index (χ1n) is 12.3. The first-order valence-corrected chi connectivity index (χ1v) is 12.3. The van der Waals surface area contributed by atoms with Gasteiger partial charge in [-0.3, -0.25) is 4.79 Å². The Hall–Kier alpha value is -4.32. The number of carbonyl (C=O) groups excluding carboxylic acids is 1. The largest absolute Gasteiger partial charge is 0.489 e. The molecule has 0 atom stereocenters. The van der Waals surface area contributed by atoms with Gasteiger partial charge in [-0.15, -0.1) is 5.10 Å². The number of imidazole rings is 1. The van der Waals surface area contributed by atoms with E-state index in [9.17, 15) is 9.90 Å². The van der Waals surface area contributed by atoms with Gasteiger partial charge >= 0.3 is 0 Å². The summed E-state index contributed by atoms with van der Waals surface area (Å²) in [4.78, 5) is 24.5. The van der Waals surface area contributed by atoms with Crippen LogP contribution in [0, 0.1) is 0 Å². The molecule has 2 fully saturated rings. The van der Waals surface area contributed by atoms with Crippen LogP contribution in [0.4, 0.5) is 11.4 Å². The van der Waals surface area contributed by atoms with E-state index in [1.54, 1.807) is 29.3 Å². The van der Waals surface area contributed by atoms with Crippen molar-refractivity contribution in [3.05, 3.63) is 54.4 Å². The minimum absolute atomic E-state index is 0.253. The van der Waals surface area contributed by atoms with Gasteiger partial charge in [0.2, 0.25) is 0 Å². The zero-order valence-corrected chi connectivity index (χ0v) is 20.2. The van der Waals surface area contributed by atoms with Gasteiger partial charge in [0.05, 0.1) is 53.0 Å². The highest BCUT2D eigenvalue weighted by Crippen LogP contribution is 2.40. The van der Waals surface area contributed by atoms with Crippen LogP contribution in [0.25, 0.3) is 17.1 Å². The second-order valence-electron chi connectivity index (χ2n) is 10.1. The second kappa shape index (κ2) is 8.10. The van der Waals surface area contributed by atoms with Crippen molar-refractivity contribution in [3.63, 3.8) is 0 Å². The number of nitrogens with zero attached hydrogens (tertiary/aromatic N) is 8. The molecule has 0 spiro atoms. The summed E-state index contributed by atoms with van der Waals surface area (Å²) in [6.07, 6.45) is 7.79. The number of ether oxygens (including phenoxy) is 1. The number of tetrazole rings is 1. The lowest BCUT2D eigenvalue weighted by atomic mass is 9.96. The molecule has 5 heterocycles.